The number of alkyl carbamates (subject to hydrolysis) is 1. The summed E-state index contributed by atoms with van der Waals surface area (Å²) in [5.74, 6) is 0.0517. The zero-order valence-electron chi connectivity index (χ0n) is 14.9. The molecule has 4 amide bonds. The number of hydrogen-bond acceptors (Lipinski definition) is 7. The number of nitrogens with one attached hydrogen (secondary N) is 2. The van der Waals surface area contributed by atoms with Crippen LogP contribution in [0.2, 0.25) is 0 Å². The molecule has 0 bridgehead atoms. The molecule has 8 nitrogen and oxygen atoms in total. The summed E-state index contributed by atoms with van der Waals surface area (Å²) in [5.41, 5.74) is -0.695. The lowest BCUT2D eigenvalue weighted by molar-refractivity contribution is -0.145. The summed E-state index contributed by atoms with van der Waals surface area (Å²) in [4.78, 5) is 49.4. The Morgan fingerprint density at radius 1 is 1.27 bits per heavy atom. The van der Waals surface area contributed by atoms with E-state index >= 15 is 0 Å². The smallest absolute Gasteiger partial charge is 0.407 e. The first-order chi connectivity index (χ1) is 12.2. The monoisotopic (exact) mass is 401 g/mol. The van der Waals surface area contributed by atoms with E-state index in [2.05, 4.69) is 10.6 Å². The highest BCUT2D eigenvalue weighted by atomic mass is 33.1. The van der Waals surface area contributed by atoms with E-state index in [-0.39, 0.29) is 12.6 Å². The van der Waals surface area contributed by atoms with Crippen molar-refractivity contribution in [1.82, 2.24) is 15.5 Å². The minimum absolute atomic E-state index is 0.0291. The van der Waals surface area contributed by atoms with E-state index in [1.165, 1.54) is 0 Å². The second-order valence-corrected chi connectivity index (χ2v) is 9.51. The molecule has 0 radical (unpaired) electrons. The van der Waals surface area contributed by atoms with Crippen molar-refractivity contribution in [3.05, 3.63) is 12.2 Å². The second kappa shape index (κ2) is 8.81. The van der Waals surface area contributed by atoms with Gasteiger partial charge in [-0.3, -0.25) is 19.3 Å². The minimum Gasteiger partial charge on any atom is -0.444 e. The van der Waals surface area contributed by atoms with Crippen LogP contribution in [-0.4, -0.2) is 64.4 Å². The zero-order chi connectivity index (χ0) is 19.3. The molecule has 1 fully saturated rings. The Hall–Kier alpha value is -1.68. The highest BCUT2D eigenvalue weighted by molar-refractivity contribution is 8.76. The third-order valence-corrected chi connectivity index (χ3v) is 6.06. The normalized spacial score (nSPS) is 21.5. The summed E-state index contributed by atoms with van der Waals surface area (Å²) in [6.07, 6.45) is 2.33. The van der Waals surface area contributed by atoms with Crippen molar-refractivity contribution < 1.29 is 23.9 Å². The lowest BCUT2D eigenvalue weighted by Crippen LogP contribution is -2.57. The number of nitrogens with zero attached hydrogens (tertiary/aromatic N) is 1. The molecule has 144 valence electrons. The van der Waals surface area contributed by atoms with Crippen LogP contribution in [0.4, 0.5) is 4.79 Å². The zero-order valence-corrected chi connectivity index (χ0v) is 16.6. The highest BCUT2D eigenvalue weighted by Gasteiger charge is 2.37. The van der Waals surface area contributed by atoms with Gasteiger partial charge in [0.2, 0.25) is 5.91 Å². The summed E-state index contributed by atoms with van der Waals surface area (Å²) < 4.78 is 5.14. The molecular weight excluding hydrogens is 378 g/mol. The highest BCUT2D eigenvalue weighted by Crippen LogP contribution is 2.29. The molecule has 2 aliphatic heterocycles. The van der Waals surface area contributed by atoms with Crippen LogP contribution in [0.1, 0.15) is 27.2 Å². The van der Waals surface area contributed by atoms with Crippen LogP contribution in [0.3, 0.4) is 0 Å². The number of amides is 4. The molecule has 0 saturated carbocycles. The van der Waals surface area contributed by atoms with E-state index in [1.54, 1.807) is 42.4 Å². The van der Waals surface area contributed by atoms with Crippen LogP contribution in [0.25, 0.3) is 0 Å². The molecule has 26 heavy (non-hydrogen) atoms. The molecule has 2 N–H and O–H groups in total. The van der Waals surface area contributed by atoms with Gasteiger partial charge >= 0.3 is 6.09 Å². The number of ether oxygens (including phenoxy) is 1. The maximum Gasteiger partial charge on any atom is 0.407 e. The number of imide groups is 1. The van der Waals surface area contributed by atoms with Crippen LogP contribution >= 0.6 is 21.6 Å². The van der Waals surface area contributed by atoms with Gasteiger partial charge in [0.05, 0.1) is 6.54 Å². The Labute approximate surface area is 160 Å². The number of hydrogen-bond donors (Lipinski definition) is 2. The Bertz CT molecular complexity index is 593. The van der Waals surface area contributed by atoms with Crippen molar-refractivity contribution in [3.8, 4) is 0 Å². The largest absolute Gasteiger partial charge is 0.444 e. The number of rotatable bonds is 5. The van der Waals surface area contributed by atoms with Crippen molar-refractivity contribution in [2.45, 2.75) is 44.9 Å². The van der Waals surface area contributed by atoms with E-state index in [0.717, 1.165) is 35.0 Å². The van der Waals surface area contributed by atoms with Gasteiger partial charge < -0.3 is 15.4 Å². The van der Waals surface area contributed by atoms with Crippen LogP contribution in [0.15, 0.2) is 12.2 Å². The first-order valence-electron chi connectivity index (χ1n) is 8.24. The van der Waals surface area contributed by atoms with E-state index in [4.69, 9.17) is 4.74 Å². The lowest BCUT2D eigenvalue weighted by atomic mass is 10.2. The SMILES string of the molecule is CC(C)(C)OC(=O)NC[C@@H](C(=O)NC1CCSSC1)N1C(=O)C=CC1=O. The van der Waals surface area contributed by atoms with Crippen molar-refractivity contribution in [2.24, 2.45) is 0 Å². The molecule has 0 spiro atoms. The van der Waals surface area contributed by atoms with Crippen molar-refractivity contribution in [1.29, 1.82) is 0 Å². The summed E-state index contributed by atoms with van der Waals surface area (Å²) in [6.45, 7) is 4.93. The fourth-order valence-corrected chi connectivity index (χ4v) is 4.82. The van der Waals surface area contributed by atoms with Crippen LogP contribution < -0.4 is 10.6 Å². The molecule has 2 rings (SSSR count). The minimum atomic E-state index is -1.13. The molecular formula is C16H23N3O5S2. The molecule has 1 unspecified atom stereocenters. The van der Waals surface area contributed by atoms with Gasteiger partial charge in [0.15, 0.2) is 0 Å². The standard InChI is InChI=1S/C16H23N3O5S2/c1-16(2,3)24-15(23)17-8-11(19-12(20)4-5-13(19)21)14(22)18-10-6-7-25-26-9-10/h4-5,10-11H,6-9H2,1-3H3,(H,17,23)(H,18,22)/t10?,11-/m0/s1. The predicted octanol–water partition coefficient (Wildman–Crippen LogP) is 1.07. The Morgan fingerprint density at radius 3 is 2.46 bits per heavy atom. The van der Waals surface area contributed by atoms with E-state index in [0.29, 0.717) is 0 Å². The van der Waals surface area contributed by atoms with Gasteiger partial charge in [0.1, 0.15) is 11.6 Å². The maximum atomic E-state index is 12.7. The average molecular weight is 402 g/mol. The Morgan fingerprint density at radius 2 is 1.92 bits per heavy atom. The fourth-order valence-electron chi connectivity index (χ4n) is 2.39. The Balaban J connectivity index is 2.03. The molecule has 2 heterocycles. The van der Waals surface area contributed by atoms with Gasteiger partial charge in [-0.25, -0.2) is 4.79 Å². The molecule has 10 heteroatoms. The van der Waals surface area contributed by atoms with Crippen LogP contribution in [-0.2, 0) is 19.1 Å². The molecule has 0 aromatic heterocycles. The van der Waals surface area contributed by atoms with Crippen LogP contribution in [0, 0.1) is 0 Å². The molecule has 0 aromatic rings. The summed E-state index contributed by atoms with van der Waals surface area (Å²) in [6, 6.07) is -1.16. The molecule has 0 aliphatic carbocycles. The molecule has 2 aliphatic rings. The fraction of sp³-hybridized carbons (Fsp3) is 0.625. The number of carbonyl (C=O) groups excluding carboxylic acids is 4. The predicted molar refractivity (Wildman–Crippen MR) is 100 cm³/mol. The molecule has 1 saturated heterocycles. The number of carbonyl (C=O) groups is 4. The van der Waals surface area contributed by atoms with Crippen LogP contribution in [0.5, 0.6) is 0 Å². The average Bonchev–Trinajstić information content (AvgIpc) is 2.86. The van der Waals surface area contributed by atoms with Gasteiger partial charge in [-0.1, -0.05) is 21.6 Å². The summed E-state index contributed by atoms with van der Waals surface area (Å²) in [5, 5.41) is 5.34. The van der Waals surface area contributed by atoms with Crippen molar-refractivity contribution >= 4 is 45.4 Å². The molecule has 0 aromatic carbocycles. The quantitative estimate of drug-likeness (QED) is 0.524. The van der Waals surface area contributed by atoms with E-state index in [9.17, 15) is 19.2 Å². The third-order valence-electron chi connectivity index (χ3n) is 3.54. The van der Waals surface area contributed by atoms with Crippen molar-refractivity contribution in [2.75, 3.05) is 18.1 Å². The lowest BCUT2D eigenvalue weighted by Gasteiger charge is -2.29. The second-order valence-electron chi connectivity index (χ2n) is 6.88. The Kier molecular flexibility index (Phi) is 6.99. The first-order valence-corrected chi connectivity index (χ1v) is 10.7. The van der Waals surface area contributed by atoms with Gasteiger partial charge in [0.25, 0.3) is 11.8 Å². The van der Waals surface area contributed by atoms with Gasteiger partial charge in [-0.15, -0.1) is 0 Å². The van der Waals surface area contributed by atoms with E-state index in [1.807, 2.05) is 0 Å². The summed E-state index contributed by atoms with van der Waals surface area (Å²) >= 11 is 0. The van der Waals surface area contributed by atoms with Gasteiger partial charge in [0, 0.05) is 29.7 Å². The topological polar surface area (TPSA) is 105 Å². The van der Waals surface area contributed by atoms with Crippen molar-refractivity contribution in [3.63, 3.8) is 0 Å². The maximum absolute atomic E-state index is 12.7. The van der Waals surface area contributed by atoms with Gasteiger partial charge in [-0.2, -0.15) is 0 Å². The summed E-state index contributed by atoms with van der Waals surface area (Å²) in [7, 11) is 3.41. The van der Waals surface area contributed by atoms with Gasteiger partial charge in [-0.05, 0) is 27.2 Å². The third kappa shape index (κ3) is 5.94. The first kappa shape index (κ1) is 20.6. The van der Waals surface area contributed by atoms with E-state index < -0.39 is 35.5 Å². The molecule has 2 atom stereocenters.